The summed E-state index contributed by atoms with van der Waals surface area (Å²) < 4.78 is 33.9. The van der Waals surface area contributed by atoms with Crippen molar-refractivity contribution in [3.63, 3.8) is 0 Å². The zero-order chi connectivity index (χ0) is 9.47. The highest BCUT2D eigenvalue weighted by atomic mass is 31.1. The van der Waals surface area contributed by atoms with Crippen molar-refractivity contribution in [2.45, 2.75) is 6.29 Å². The van der Waals surface area contributed by atoms with Crippen LogP contribution in [0.1, 0.15) is 0 Å². The predicted molar refractivity (Wildman–Crippen MR) is 46.5 cm³/mol. The van der Waals surface area contributed by atoms with E-state index in [0.717, 1.165) is 5.30 Å². The van der Waals surface area contributed by atoms with Gasteiger partial charge in [-0.05, 0) is 12.7 Å². The van der Waals surface area contributed by atoms with Crippen LogP contribution in [0.15, 0.2) is 18.2 Å². The van der Waals surface area contributed by atoms with Crippen molar-refractivity contribution in [3.8, 4) is 11.5 Å². The molecule has 1 heterocycles. The minimum atomic E-state index is -3.50. The number of hydrogen-bond donors (Lipinski definition) is 0. The minimum absolute atomic E-state index is 0.122. The Hall–Kier alpha value is -0.890. The maximum absolute atomic E-state index is 12.6. The first-order valence-electron chi connectivity index (χ1n) is 3.69. The predicted octanol–water partition coefficient (Wildman–Crippen LogP) is 1.94. The van der Waals surface area contributed by atoms with Crippen LogP contribution in [-0.2, 0) is 0 Å². The lowest BCUT2D eigenvalue weighted by molar-refractivity contribution is -0.286. The molecular weight excluding hydrogens is 197 g/mol. The van der Waals surface area contributed by atoms with Crippen molar-refractivity contribution in [2.24, 2.45) is 0 Å². The third-order valence-corrected chi connectivity index (χ3v) is 2.63. The molecule has 13 heavy (non-hydrogen) atoms. The largest absolute Gasteiger partial charge is 0.586 e. The molecule has 1 aromatic carbocycles. The molecule has 0 N–H and O–H groups in total. The van der Waals surface area contributed by atoms with Crippen LogP contribution in [-0.4, -0.2) is 13.0 Å². The lowest BCUT2D eigenvalue weighted by atomic mass is 10.3. The summed E-state index contributed by atoms with van der Waals surface area (Å²) in [4.78, 5) is 0. The van der Waals surface area contributed by atoms with Crippen molar-refractivity contribution < 1.29 is 18.3 Å². The fraction of sp³-hybridized carbons (Fsp3) is 0.250. The fourth-order valence-corrected chi connectivity index (χ4v) is 1.83. The van der Waals surface area contributed by atoms with Gasteiger partial charge in [-0.15, -0.1) is 8.78 Å². The summed E-state index contributed by atoms with van der Waals surface area (Å²) in [7, 11) is 0.410. The van der Waals surface area contributed by atoms with Gasteiger partial charge in [0.25, 0.3) is 0 Å². The van der Waals surface area contributed by atoms with Crippen LogP contribution in [0.25, 0.3) is 0 Å². The summed E-state index contributed by atoms with van der Waals surface area (Å²) in [5.74, 6) is 0.296. The molecule has 0 fully saturated rings. The fourth-order valence-electron chi connectivity index (χ4n) is 1.17. The minimum Gasteiger partial charge on any atom is -0.395 e. The number of fused-ring (bicyclic) bond motifs is 1. The molecule has 5 heteroatoms. The Bertz CT molecular complexity index is 341. The van der Waals surface area contributed by atoms with Gasteiger partial charge in [0.1, 0.15) is 0 Å². The van der Waals surface area contributed by atoms with Crippen molar-refractivity contribution in [2.75, 3.05) is 6.66 Å². The van der Waals surface area contributed by atoms with Crippen LogP contribution in [0.2, 0.25) is 0 Å². The second kappa shape index (κ2) is 2.81. The van der Waals surface area contributed by atoms with E-state index in [2.05, 4.69) is 9.47 Å². The van der Waals surface area contributed by atoms with Gasteiger partial charge in [0, 0.05) is 5.30 Å². The summed E-state index contributed by atoms with van der Waals surface area (Å²) in [5.41, 5.74) is 0. The summed E-state index contributed by atoms with van der Waals surface area (Å²) in [6.07, 6.45) is -3.50. The average Bonchev–Trinajstić information content (AvgIpc) is 2.37. The third-order valence-electron chi connectivity index (χ3n) is 1.70. The molecule has 1 aliphatic heterocycles. The molecule has 0 radical (unpaired) electrons. The Labute approximate surface area is 75.6 Å². The van der Waals surface area contributed by atoms with Gasteiger partial charge in [0.05, 0.1) is 0 Å². The van der Waals surface area contributed by atoms with Gasteiger partial charge in [0.15, 0.2) is 11.5 Å². The molecule has 1 unspecified atom stereocenters. The Morgan fingerprint density at radius 1 is 1.31 bits per heavy atom. The lowest BCUT2D eigenvalue weighted by Crippen LogP contribution is -2.26. The van der Waals surface area contributed by atoms with Crippen LogP contribution in [0.4, 0.5) is 8.78 Å². The molecule has 2 rings (SSSR count). The zero-order valence-electron chi connectivity index (χ0n) is 6.80. The first-order chi connectivity index (χ1) is 6.12. The van der Waals surface area contributed by atoms with E-state index in [9.17, 15) is 8.78 Å². The summed E-state index contributed by atoms with van der Waals surface area (Å²) in [5, 5.41) is 0.759. The van der Waals surface area contributed by atoms with E-state index in [0.29, 0.717) is 8.58 Å². The van der Waals surface area contributed by atoms with Crippen molar-refractivity contribution in [1.29, 1.82) is 0 Å². The van der Waals surface area contributed by atoms with Gasteiger partial charge in [0.2, 0.25) is 0 Å². The standard InChI is InChI=1S/C8H7F2O2P/c1-13-6-4-2-3-5-7(6)12-8(9,10)11-5/h2-4,13H,1H3. The van der Waals surface area contributed by atoms with E-state index in [1.807, 2.05) is 6.66 Å². The SMILES string of the molecule is CPc1cccc2c1OC(F)(F)O2. The molecule has 0 aliphatic carbocycles. The van der Waals surface area contributed by atoms with Crippen molar-refractivity contribution >= 4 is 13.9 Å². The second-order valence-electron chi connectivity index (χ2n) is 2.55. The highest BCUT2D eigenvalue weighted by Crippen LogP contribution is 2.40. The lowest BCUT2D eigenvalue weighted by Gasteiger charge is -2.05. The molecule has 0 spiro atoms. The molecule has 1 aliphatic rings. The third kappa shape index (κ3) is 1.46. The maximum atomic E-state index is 12.6. The van der Waals surface area contributed by atoms with Gasteiger partial charge in [-0.2, -0.15) is 0 Å². The molecule has 1 aromatic rings. The second-order valence-corrected chi connectivity index (χ2v) is 3.59. The van der Waals surface area contributed by atoms with Gasteiger partial charge in [-0.25, -0.2) is 0 Å². The molecular formula is C8H7F2O2P. The Balaban J connectivity index is 2.45. The van der Waals surface area contributed by atoms with Crippen LogP contribution in [0.3, 0.4) is 0 Å². The van der Waals surface area contributed by atoms with Gasteiger partial charge >= 0.3 is 6.29 Å². The Morgan fingerprint density at radius 2 is 2.08 bits per heavy atom. The average molecular weight is 204 g/mol. The number of halogens is 2. The molecule has 0 saturated carbocycles. The van der Waals surface area contributed by atoms with Gasteiger partial charge in [-0.1, -0.05) is 20.7 Å². The van der Waals surface area contributed by atoms with Gasteiger partial charge in [-0.3, -0.25) is 0 Å². The van der Waals surface area contributed by atoms with E-state index >= 15 is 0 Å². The maximum Gasteiger partial charge on any atom is 0.586 e. The summed E-state index contributed by atoms with van der Waals surface area (Å²) >= 11 is 0. The Kier molecular flexibility index (Phi) is 1.88. The molecule has 70 valence electrons. The number of ether oxygens (including phenoxy) is 2. The van der Waals surface area contributed by atoms with Crippen LogP contribution in [0.5, 0.6) is 11.5 Å². The normalized spacial score (nSPS) is 18.4. The molecule has 0 bridgehead atoms. The number of alkyl halides is 2. The molecule has 2 nitrogen and oxygen atoms in total. The van der Waals surface area contributed by atoms with E-state index in [4.69, 9.17) is 0 Å². The molecule has 0 aromatic heterocycles. The highest BCUT2D eigenvalue weighted by molar-refractivity contribution is 7.46. The van der Waals surface area contributed by atoms with E-state index in [-0.39, 0.29) is 11.5 Å². The molecule has 0 amide bonds. The summed E-state index contributed by atoms with van der Waals surface area (Å²) in [6.45, 7) is 1.90. The number of rotatable bonds is 1. The monoisotopic (exact) mass is 204 g/mol. The van der Waals surface area contributed by atoms with Crippen LogP contribution >= 0.6 is 8.58 Å². The first-order valence-corrected chi connectivity index (χ1v) is 5.19. The topological polar surface area (TPSA) is 18.5 Å². The number of hydrogen-bond acceptors (Lipinski definition) is 2. The van der Waals surface area contributed by atoms with Gasteiger partial charge < -0.3 is 9.47 Å². The van der Waals surface area contributed by atoms with E-state index in [1.165, 1.54) is 6.07 Å². The quantitative estimate of drug-likeness (QED) is 0.651. The van der Waals surface area contributed by atoms with Crippen molar-refractivity contribution in [3.05, 3.63) is 18.2 Å². The number of benzene rings is 1. The smallest absolute Gasteiger partial charge is 0.395 e. The highest BCUT2D eigenvalue weighted by Gasteiger charge is 2.44. The van der Waals surface area contributed by atoms with Crippen LogP contribution < -0.4 is 14.8 Å². The van der Waals surface area contributed by atoms with E-state index < -0.39 is 6.29 Å². The Morgan fingerprint density at radius 3 is 2.77 bits per heavy atom. The van der Waals surface area contributed by atoms with Crippen LogP contribution in [0, 0.1) is 0 Å². The molecule has 1 atom stereocenters. The number of para-hydroxylation sites is 1. The van der Waals surface area contributed by atoms with E-state index in [1.54, 1.807) is 12.1 Å². The summed E-state index contributed by atoms with van der Waals surface area (Å²) in [6, 6.07) is 4.90. The van der Waals surface area contributed by atoms with Crippen molar-refractivity contribution in [1.82, 2.24) is 0 Å². The first kappa shape index (κ1) is 8.70. The molecule has 0 saturated heterocycles. The zero-order valence-corrected chi connectivity index (χ0v) is 7.80.